The largest absolute Gasteiger partial charge is 0.342 e. The minimum Gasteiger partial charge on any atom is -0.342 e. The van der Waals surface area contributed by atoms with Crippen LogP contribution in [0.25, 0.3) is 0 Å². The molecule has 154 valence electrons. The van der Waals surface area contributed by atoms with Gasteiger partial charge in [-0.25, -0.2) is 0 Å². The molecule has 0 spiro atoms. The Hall–Kier alpha value is -1.91. The van der Waals surface area contributed by atoms with Gasteiger partial charge in [0, 0.05) is 47.8 Å². The molecule has 29 heavy (non-hydrogen) atoms. The highest BCUT2D eigenvalue weighted by Crippen LogP contribution is 2.29. The maximum absolute atomic E-state index is 13.1. The third-order valence-corrected chi connectivity index (χ3v) is 6.75. The van der Waals surface area contributed by atoms with Crippen molar-refractivity contribution < 1.29 is 4.79 Å². The molecular formula is C24H30ClN3O. The van der Waals surface area contributed by atoms with Crippen LogP contribution in [0.3, 0.4) is 0 Å². The Kier molecular flexibility index (Phi) is 6.51. The fraction of sp³-hybridized carbons (Fsp3) is 0.500. The molecule has 0 unspecified atom stereocenters. The molecule has 4 nitrogen and oxygen atoms in total. The van der Waals surface area contributed by atoms with Gasteiger partial charge in [0.15, 0.2) is 0 Å². The van der Waals surface area contributed by atoms with E-state index >= 15 is 0 Å². The monoisotopic (exact) mass is 411 g/mol. The fourth-order valence-electron chi connectivity index (χ4n) is 4.59. The number of carbonyl (C=O) groups excluding carboxylic acids is 1. The van der Waals surface area contributed by atoms with E-state index in [-0.39, 0.29) is 5.92 Å². The maximum Gasteiger partial charge on any atom is 0.225 e. The topological polar surface area (TPSA) is 36.4 Å². The van der Waals surface area contributed by atoms with E-state index in [1.54, 1.807) is 0 Å². The number of pyridine rings is 1. The number of hydrogen-bond donors (Lipinski definition) is 0. The van der Waals surface area contributed by atoms with Gasteiger partial charge in [-0.15, -0.1) is 0 Å². The molecule has 5 heteroatoms. The van der Waals surface area contributed by atoms with E-state index in [2.05, 4.69) is 41.1 Å². The minimum atomic E-state index is 0.199. The molecule has 1 aromatic carbocycles. The summed E-state index contributed by atoms with van der Waals surface area (Å²) in [5.74, 6) is 0.879. The Labute approximate surface area is 178 Å². The Bertz CT molecular complexity index is 848. The van der Waals surface area contributed by atoms with Crippen molar-refractivity contribution >= 4 is 17.5 Å². The molecule has 0 bridgehead atoms. The summed E-state index contributed by atoms with van der Waals surface area (Å²) in [7, 11) is 2.14. The van der Waals surface area contributed by atoms with E-state index in [4.69, 9.17) is 16.6 Å². The van der Waals surface area contributed by atoms with Crippen molar-refractivity contribution in [1.29, 1.82) is 0 Å². The fourth-order valence-corrected chi connectivity index (χ4v) is 4.80. The summed E-state index contributed by atoms with van der Waals surface area (Å²) in [5, 5.41) is 0.785. The molecule has 0 N–H and O–H groups in total. The third-order valence-electron chi connectivity index (χ3n) is 6.38. The summed E-state index contributed by atoms with van der Waals surface area (Å²) >= 11 is 6.32. The maximum atomic E-state index is 13.1. The molecule has 4 rings (SSSR count). The number of piperidine rings is 2. The number of hydrogen-bond acceptors (Lipinski definition) is 3. The second-order valence-corrected chi connectivity index (χ2v) is 8.93. The van der Waals surface area contributed by atoms with Crippen molar-refractivity contribution in [1.82, 2.24) is 14.8 Å². The Morgan fingerprint density at radius 1 is 1.07 bits per heavy atom. The zero-order chi connectivity index (χ0) is 20.2. The smallest absolute Gasteiger partial charge is 0.225 e. The Morgan fingerprint density at radius 2 is 1.86 bits per heavy atom. The third kappa shape index (κ3) is 4.99. The number of benzene rings is 1. The standard InChI is InChI=1S/C24H30ClN3O/c1-27-14-11-18(12-15-27)24(29)28-13-5-7-20(17-28)23-10-4-8-21(26-23)16-19-6-2-3-9-22(19)25/h2-4,6,8-10,18,20H,5,7,11-17H2,1H3/t20-/m0/s1. The van der Waals surface area contributed by atoms with Crippen LogP contribution in [-0.2, 0) is 11.2 Å². The lowest BCUT2D eigenvalue weighted by atomic mass is 9.90. The van der Waals surface area contributed by atoms with Gasteiger partial charge in [0.05, 0.1) is 0 Å². The van der Waals surface area contributed by atoms with Gasteiger partial charge in [-0.05, 0) is 69.6 Å². The molecule has 0 saturated carbocycles. The molecule has 1 aromatic heterocycles. The molecule has 3 heterocycles. The highest BCUT2D eigenvalue weighted by molar-refractivity contribution is 6.31. The van der Waals surface area contributed by atoms with Crippen molar-refractivity contribution in [2.24, 2.45) is 5.92 Å². The van der Waals surface area contributed by atoms with E-state index in [0.29, 0.717) is 11.8 Å². The zero-order valence-electron chi connectivity index (χ0n) is 17.2. The first-order chi connectivity index (χ1) is 14.1. The van der Waals surface area contributed by atoms with Crippen LogP contribution >= 0.6 is 11.6 Å². The van der Waals surface area contributed by atoms with Gasteiger partial charge in [-0.3, -0.25) is 9.78 Å². The molecule has 1 amide bonds. The quantitative estimate of drug-likeness (QED) is 0.749. The summed E-state index contributed by atoms with van der Waals surface area (Å²) < 4.78 is 0. The first kappa shape index (κ1) is 20.4. The Balaban J connectivity index is 1.43. The first-order valence-corrected chi connectivity index (χ1v) is 11.1. The van der Waals surface area contributed by atoms with Crippen LogP contribution in [0.1, 0.15) is 48.6 Å². The highest BCUT2D eigenvalue weighted by Gasteiger charge is 2.31. The lowest BCUT2D eigenvalue weighted by molar-refractivity contribution is -0.138. The molecule has 0 aliphatic carbocycles. The van der Waals surface area contributed by atoms with Crippen molar-refractivity contribution in [3.8, 4) is 0 Å². The molecule has 2 fully saturated rings. The second-order valence-electron chi connectivity index (χ2n) is 8.52. The summed E-state index contributed by atoms with van der Waals surface area (Å²) in [6.07, 6.45) is 4.86. The number of rotatable bonds is 4. The highest BCUT2D eigenvalue weighted by atomic mass is 35.5. The summed E-state index contributed by atoms with van der Waals surface area (Å²) in [5.41, 5.74) is 3.24. The predicted octanol–water partition coefficient (Wildman–Crippen LogP) is 4.37. The lowest BCUT2D eigenvalue weighted by Crippen LogP contribution is -2.45. The number of aromatic nitrogens is 1. The van der Waals surface area contributed by atoms with Crippen molar-refractivity contribution in [2.45, 2.75) is 38.0 Å². The van der Waals surface area contributed by atoms with E-state index in [1.807, 2.05) is 18.2 Å². The van der Waals surface area contributed by atoms with Gasteiger partial charge in [-0.1, -0.05) is 35.9 Å². The zero-order valence-corrected chi connectivity index (χ0v) is 17.9. The van der Waals surface area contributed by atoms with Gasteiger partial charge in [0.2, 0.25) is 5.91 Å². The number of halogens is 1. The summed E-state index contributed by atoms with van der Waals surface area (Å²) in [4.78, 5) is 22.4. The average Bonchev–Trinajstić information content (AvgIpc) is 2.76. The van der Waals surface area contributed by atoms with Crippen molar-refractivity contribution in [2.75, 3.05) is 33.2 Å². The van der Waals surface area contributed by atoms with Gasteiger partial charge in [0.25, 0.3) is 0 Å². The predicted molar refractivity (Wildman–Crippen MR) is 117 cm³/mol. The second kappa shape index (κ2) is 9.27. The molecule has 2 aliphatic rings. The van der Waals surface area contributed by atoms with Crippen molar-refractivity contribution in [3.05, 3.63) is 64.4 Å². The van der Waals surface area contributed by atoms with Crippen LogP contribution in [0.15, 0.2) is 42.5 Å². The molecule has 2 aliphatic heterocycles. The Morgan fingerprint density at radius 3 is 2.66 bits per heavy atom. The SMILES string of the molecule is CN1CCC(C(=O)N2CCC[C@H](c3cccc(Cc4ccccc4Cl)n3)C2)CC1. The van der Waals surface area contributed by atoms with Gasteiger partial charge in [0.1, 0.15) is 0 Å². The molecule has 1 atom stereocenters. The van der Waals surface area contributed by atoms with E-state index in [0.717, 1.165) is 80.3 Å². The number of nitrogens with zero attached hydrogens (tertiary/aromatic N) is 3. The summed E-state index contributed by atoms with van der Waals surface area (Å²) in [6, 6.07) is 14.2. The van der Waals surface area contributed by atoms with E-state index in [9.17, 15) is 4.79 Å². The number of likely N-dealkylation sites (tertiary alicyclic amines) is 2. The summed E-state index contributed by atoms with van der Waals surface area (Å²) in [6.45, 7) is 3.74. The normalized spacial score (nSPS) is 21.3. The molecular weight excluding hydrogens is 382 g/mol. The van der Waals surface area contributed by atoms with E-state index in [1.165, 1.54) is 0 Å². The van der Waals surface area contributed by atoms with Crippen LogP contribution < -0.4 is 0 Å². The van der Waals surface area contributed by atoms with Crippen LogP contribution in [0.5, 0.6) is 0 Å². The van der Waals surface area contributed by atoms with Gasteiger partial charge >= 0.3 is 0 Å². The average molecular weight is 412 g/mol. The molecule has 0 radical (unpaired) electrons. The van der Waals surface area contributed by atoms with Crippen LogP contribution in [-0.4, -0.2) is 53.9 Å². The van der Waals surface area contributed by atoms with E-state index < -0.39 is 0 Å². The molecule has 2 saturated heterocycles. The molecule has 2 aromatic rings. The van der Waals surface area contributed by atoms with Gasteiger partial charge in [-0.2, -0.15) is 0 Å². The van der Waals surface area contributed by atoms with Crippen LogP contribution in [0.2, 0.25) is 5.02 Å². The van der Waals surface area contributed by atoms with Crippen LogP contribution in [0, 0.1) is 5.92 Å². The number of amides is 1. The van der Waals surface area contributed by atoms with Crippen LogP contribution in [0.4, 0.5) is 0 Å². The number of carbonyl (C=O) groups is 1. The van der Waals surface area contributed by atoms with Gasteiger partial charge < -0.3 is 9.80 Å². The van der Waals surface area contributed by atoms with Crippen molar-refractivity contribution in [3.63, 3.8) is 0 Å². The minimum absolute atomic E-state index is 0.199. The first-order valence-electron chi connectivity index (χ1n) is 10.8. The lowest BCUT2D eigenvalue weighted by Gasteiger charge is -2.37.